The molecule has 24 heavy (non-hydrogen) atoms. The molecule has 2 rings (SSSR count). The van der Waals surface area contributed by atoms with Crippen molar-refractivity contribution in [2.75, 3.05) is 39.2 Å². The normalized spacial score (nSPS) is 9.92. The molecule has 0 aliphatic carbocycles. The van der Waals surface area contributed by atoms with Crippen LogP contribution in [-0.2, 0) is 4.79 Å². The lowest BCUT2D eigenvalue weighted by Gasteiger charge is -2.10. The Morgan fingerprint density at radius 2 is 1.67 bits per heavy atom. The largest absolute Gasteiger partial charge is 0.497 e. The minimum atomic E-state index is -0.101. The summed E-state index contributed by atoms with van der Waals surface area (Å²) in [7, 11) is 3.22. The minimum absolute atomic E-state index is 0.101. The van der Waals surface area contributed by atoms with Gasteiger partial charge in [0, 0.05) is 11.8 Å². The van der Waals surface area contributed by atoms with Crippen molar-refractivity contribution in [2.45, 2.75) is 0 Å². The van der Waals surface area contributed by atoms with E-state index < -0.39 is 0 Å². The highest BCUT2D eigenvalue weighted by Gasteiger charge is 2.02. The highest BCUT2D eigenvalue weighted by Crippen LogP contribution is 2.17. The second kappa shape index (κ2) is 9.29. The third-order valence-corrected chi connectivity index (χ3v) is 3.28. The molecule has 0 heterocycles. The molecule has 6 nitrogen and oxygen atoms in total. The second-order valence-corrected chi connectivity index (χ2v) is 4.96. The van der Waals surface area contributed by atoms with Gasteiger partial charge in [-0.1, -0.05) is 6.07 Å². The number of rotatable bonds is 9. The monoisotopic (exact) mass is 330 g/mol. The standard InChI is InChI=1S/C18H22N2O4/c1-22-15-6-8-16(9-7-15)24-11-10-19-18(21)13-20-14-4-3-5-17(12-14)23-2/h3-9,12,20H,10-11,13H2,1-2H3,(H,19,21). The van der Waals surface area contributed by atoms with Crippen molar-refractivity contribution in [3.8, 4) is 17.2 Å². The van der Waals surface area contributed by atoms with Crippen LogP contribution in [-0.4, -0.2) is 39.8 Å². The molecule has 0 saturated heterocycles. The van der Waals surface area contributed by atoms with E-state index in [-0.39, 0.29) is 12.5 Å². The highest BCUT2D eigenvalue weighted by molar-refractivity contribution is 5.80. The first-order valence-electron chi connectivity index (χ1n) is 7.63. The van der Waals surface area contributed by atoms with Gasteiger partial charge in [-0.25, -0.2) is 0 Å². The second-order valence-electron chi connectivity index (χ2n) is 4.96. The van der Waals surface area contributed by atoms with E-state index in [0.717, 1.165) is 22.9 Å². The average molecular weight is 330 g/mol. The van der Waals surface area contributed by atoms with Gasteiger partial charge < -0.3 is 24.8 Å². The zero-order valence-electron chi connectivity index (χ0n) is 13.9. The number of benzene rings is 2. The van der Waals surface area contributed by atoms with E-state index in [0.29, 0.717) is 13.2 Å². The third kappa shape index (κ3) is 5.72. The van der Waals surface area contributed by atoms with Crippen molar-refractivity contribution in [3.05, 3.63) is 48.5 Å². The SMILES string of the molecule is COc1ccc(OCCNC(=O)CNc2cccc(OC)c2)cc1. The van der Waals surface area contributed by atoms with Crippen LogP contribution in [0.4, 0.5) is 5.69 Å². The molecule has 2 N–H and O–H groups in total. The Hall–Kier alpha value is -2.89. The molecular weight excluding hydrogens is 308 g/mol. The summed E-state index contributed by atoms with van der Waals surface area (Å²) in [6.45, 7) is 1.03. The van der Waals surface area contributed by atoms with Gasteiger partial charge in [-0.3, -0.25) is 4.79 Å². The maximum Gasteiger partial charge on any atom is 0.239 e. The number of hydrogen-bond acceptors (Lipinski definition) is 5. The quantitative estimate of drug-likeness (QED) is 0.691. The summed E-state index contributed by atoms with van der Waals surface area (Å²) in [5.41, 5.74) is 0.832. The van der Waals surface area contributed by atoms with Crippen LogP contribution in [0.1, 0.15) is 0 Å². The molecule has 0 saturated carbocycles. The zero-order valence-corrected chi connectivity index (χ0v) is 13.9. The molecule has 0 aliphatic rings. The number of carbonyl (C=O) groups is 1. The molecule has 0 unspecified atom stereocenters. The molecule has 128 valence electrons. The van der Waals surface area contributed by atoms with Gasteiger partial charge in [-0.2, -0.15) is 0 Å². The van der Waals surface area contributed by atoms with Gasteiger partial charge in [-0.05, 0) is 36.4 Å². The van der Waals surface area contributed by atoms with Crippen molar-refractivity contribution in [3.63, 3.8) is 0 Å². The molecule has 2 aromatic rings. The van der Waals surface area contributed by atoms with Gasteiger partial charge in [-0.15, -0.1) is 0 Å². The van der Waals surface area contributed by atoms with Crippen LogP contribution in [0, 0.1) is 0 Å². The van der Waals surface area contributed by atoms with Crippen molar-refractivity contribution in [1.82, 2.24) is 5.32 Å². The number of amides is 1. The number of anilines is 1. The summed E-state index contributed by atoms with van der Waals surface area (Å²) >= 11 is 0. The molecule has 0 radical (unpaired) electrons. The molecule has 0 atom stereocenters. The lowest BCUT2D eigenvalue weighted by atomic mass is 10.3. The summed E-state index contributed by atoms with van der Waals surface area (Å²) in [5.74, 6) is 2.16. The average Bonchev–Trinajstić information content (AvgIpc) is 2.64. The number of hydrogen-bond donors (Lipinski definition) is 2. The Morgan fingerprint density at radius 3 is 2.38 bits per heavy atom. The fraction of sp³-hybridized carbons (Fsp3) is 0.278. The van der Waals surface area contributed by atoms with Gasteiger partial charge in [0.05, 0.1) is 27.3 Å². The van der Waals surface area contributed by atoms with E-state index >= 15 is 0 Å². The lowest BCUT2D eigenvalue weighted by Crippen LogP contribution is -2.33. The number of carbonyl (C=O) groups excluding carboxylic acids is 1. The Kier molecular flexibility index (Phi) is 6.76. The van der Waals surface area contributed by atoms with Crippen LogP contribution in [0.15, 0.2) is 48.5 Å². The number of ether oxygens (including phenoxy) is 3. The Bertz CT molecular complexity index is 644. The Morgan fingerprint density at radius 1 is 0.958 bits per heavy atom. The van der Waals surface area contributed by atoms with E-state index in [9.17, 15) is 4.79 Å². The minimum Gasteiger partial charge on any atom is -0.497 e. The predicted molar refractivity (Wildman–Crippen MR) is 93.0 cm³/mol. The van der Waals surface area contributed by atoms with Crippen LogP contribution in [0.5, 0.6) is 17.2 Å². The summed E-state index contributed by atoms with van der Waals surface area (Å²) in [6.07, 6.45) is 0. The van der Waals surface area contributed by atoms with Gasteiger partial charge in [0.2, 0.25) is 5.91 Å². The molecule has 6 heteroatoms. The molecule has 0 bridgehead atoms. The summed E-state index contributed by atoms with van der Waals surface area (Å²) < 4.78 is 15.8. The Balaban J connectivity index is 1.63. The molecule has 1 amide bonds. The maximum absolute atomic E-state index is 11.8. The first-order chi connectivity index (χ1) is 11.7. The predicted octanol–water partition coefficient (Wildman–Crippen LogP) is 2.31. The van der Waals surface area contributed by atoms with E-state index in [1.54, 1.807) is 14.2 Å². The van der Waals surface area contributed by atoms with E-state index in [4.69, 9.17) is 14.2 Å². The highest BCUT2D eigenvalue weighted by atomic mass is 16.5. The first kappa shape index (κ1) is 17.5. The number of nitrogens with one attached hydrogen (secondary N) is 2. The van der Waals surface area contributed by atoms with Gasteiger partial charge in [0.25, 0.3) is 0 Å². The maximum atomic E-state index is 11.8. The van der Waals surface area contributed by atoms with Crippen LogP contribution in [0.2, 0.25) is 0 Å². The van der Waals surface area contributed by atoms with Crippen molar-refractivity contribution in [1.29, 1.82) is 0 Å². The smallest absolute Gasteiger partial charge is 0.239 e. The zero-order chi connectivity index (χ0) is 17.2. The summed E-state index contributed by atoms with van der Waals surface area (Å²) in [6, 6.07) is 14.7. The summed E-state index contributed by atoms with van der Waals surface area (Å²) in [4.78, 5) is 11.8. The molecule has 0 spiro atoms. The molecular formula is C18H22N2O4. The molecule has 0 aromatic heterocycles. The van der Waals surface area contributed by atoms with Crippen LogP contribution in [0.3, 0.4) is 0 Å². The van der Waals surface area contributed by atoms with Gasteiger partial charge in [0.15, 0.2) is 0 Å². The van der Waals surface area contributed by atoms with Crippen LogP contribution in [0.25, 0.3) is 0 Å². The van der Waals surface area contributed by atoms with Crippen LogP contribution >= 0.6 is 0 Å². The van der Waals surface area contributed by atoms with Crippen molar-refractivity contribution in [2.24, 2.45) is 0 Å². The Labute approximate surface area is 141 Å². The van der Waals surface area contributed by atoms with Crippen molar-refractivity contribution >= 4 is 11.6 Å². The summed E-state index contributed by atoms with van der Waals surface area (Å²) in [5, 5.41) is 5.84. The first-order valence-corrected chi connectivity index (χ1v) is 7.63. The fourth-order valence-electron chi connectivity index (χ4n) is 2.01. The van der Waals surface area contributed by atoms with Crippen molar-refractivity contribution < 1.29 is 19.0 Å². The van der Waals surface area contributed by atoms with E-state index in [2.05, 4.69) is 10.6 Å². The third-order valence-electron chi connectivity index (χ3n) is 3.28. The molecule has 2 aromatic carbocycles. The van der Waals surface area contributed by atoms with E-state index in [1.807, 2.05) is 48.5 Å². The van der Waals surface area contributed by atoms with E-state index in [1.165, 1.54) is 0 Å². The fourth-order valence-corrected chi connectivity index (χ4v) is 2.01. The molecule has 0 fully saturated rings. The van der Waals surface area contributed by atoms with Gasteiger partial charge >= 0.3 is 0 Å². The lowest BCUT2D eigenvalue weighted by molar-refractivity contribution is -0.119. The van der Waals surface area contributed by atoms with Crippen LogP contribution < -0.4 is 24.8 Å². The topological polar surface area (TPSA) is 68.8 Å². The van der Waals surface area contributed by atoms with Gasteiger partial charge in [0.1, 0.15) is 23.9 Å². The number of methoxy groups -OCH3 is 2. The molecule has 0 aliphatic heterocycles.